The molecule has 0 N–H and O–H groups in total. The van der Waals surface area contributed by atoms with Crippen LogP contribution in [0.5, 0.6) is 0 Å². The van der Waals surface area contributed by atoms with Gasteiger partial charge in [-0.25, -0.2) is 0 Å². The van der Waals surface area contributed by atoms with Gasteiger partial charge in [0.1, 0.15) is 0 Å². The molecule has 2 rings (SSSR count). The maximum absolute atomic E-state index is 5.40. The van der Waals surface area contributed by atoms with E-state index in [-0.39, 0.29) is 0 Å². The van der Waals surface area contributed by atoms with Crippen molar-refractivity contribution in [1.29, 1.82) is 0 Å². The zero-order valence-corrected chi connectivity index (χ0v) is 10.1. The molecule has 84 valence electrons. The molecule has 0 aliphatic carbocycles. The standard InChI is InChI=1S/C16H15N/c1-4-13-7-5-8-14(11-13)16-10-6-9-15(17-16)12(2)3/h1,5-12H,2-3H3. The summed E-state index contributed by atoms with van der Waals surface area (Å²) in [6.07, 6.45) is 5.40. The van der Waals surface area contributed by atoms with Gasteiger partial charge in [-0.1, -0.05) is 38.0 Å². The molecule has 0 unspecified atom stereocenters. The summed E-state index contributed by atoms with van der Waals surface area (Å²) in [5.74, 6) is 3.08. The summed E-state index contributed by atoms with van der Waals surface area (Å²) in [7, 11) is 0. The van der Waals surface area contributed by atoms with Gasteiger partial charge in [0.05, 0.1) is 5.69 Å². The number of rotatable bonds is 2. The molecule has 0 fully saturated rings. The van der Waals surface area contributed by atoms with E-state index in [4.69, 9.17) is 6.42 Å². The molecule has 0 bridgehead atoms. The van der Waals surface area contributed by atoms with Crippen molar-refractivity contribution in [3.8, 4) is 23.6 Å². The molecule has 0 spiro atoms. The SMILES string of the molecule is C#Cc1cccc(-c2cccc(C(C)C)n2)c1. The summed E-state index contributed by atoms with van der Waals surface area (Å²) in [4.78, 5) is 4.65. The van der Waals surface area contributed by atoms with Crippen LogP contribution in [0.15, 0.2) is 42.5 Å². The lowest BCUT2D eigenvalue weighted by Gasteiger charge is -2.07. The van der Waals surface area contributed by atoms with Crippen LogP contribution in [0, 0.1) is 12.3 Å². The first-order valence-corrected chi connectivity index (χ1v) is 5.74. The molecule has 2 aromatic rings. The molecule has 0 amide bonds. The Labute approximate surface area is 103 Å². The highest BCUT2D eigenvalue weighted by atomic mass is 14.7. The zero-order chi connectivity index (χ0) is 12.3. The molecule has 1 nitrogen and oxygen atoms in total. The van der Waals surface area contributed by atoms with E-state index < -0.39 is 0 Å². The van der Waals surface area contributed by atoms with Crippen LogP contribution in [0.2, 0.25) is 0 Å². The second kappa shape index (κ2) is 4.84. The topological polar surface area (TPSA) is 12.9 Å². The minimum absolute atomic E-state index is 0.436. The Bertz CT molecular complexity index is 562. The predicted molar refractivity (Wildman–Crippen MR) is 71.7 cm³/mol. The Hall–Kier alpha value is -2.07. The van der Waals surface area contributed by atoms with E-state index in [9.17, 15) is 0 Å². The van der Waals surface area contributed by atoms with Crippen LogP contribution in [0.25, 0.3) is 11.3 Å². The molecule has 1 heteroatoms. The van der Waals surface area contributed by atoms with Gasteiger partial charge >= 0.3 is 0 Å². The van der Waals surface area contributed by atoms with Crippen molar-refractivity contribution in [3.63, 3.8) is 0 Å². The molecule has 1 heterocycles. The number of pyridine rings is 1. The van der Waals surface area contributed by atoms with Crippen LogP contribution in [-0.2, 0) is 0 Å². The molecule has 17 heavy (non-hydrogen) atoms. The zero-order valence-electron chi connectivity index (χ0n) is 10.1. The molecule has 0 radical (unpaired) electrons. The van der Waals surface area contributed by atoms with Gasteiger partial charge < -0.3 is 0 Å². The molecule has 0 atom stereocenters. The lowest BCUT2D eigenvalue weighted by Crippen LogP contribution is -1.94. The van der Waals surface area contributed by atoms with E-state index >= 15 is 0 Å². The van der Waals surface area contributed by atoms with Gasteiger partial charge in [-0.3, -0.25) is 4.98 Å². The van der Waals surface area contributed by atoms with Crippen molar-refractivity contribution in [2.75, 3.05) is 0 Å². The van der Waals surface area contributed by atoms with Gasteiger partial charge in [0.2, 0.25) is 0 Å². The minimum Gasteiger partial charge on any atom is -0.253 e. The first-order valence-electron chi connectivity index (χ1n) is 5.74. The number of hydrogen-bond donors (Lipinski definition) is 0. The van der Waals surface area contributed by atoms with Crippen molar-refractivity contribution in [1.82, 2.24) is 4.98 Å². The van der Waals surface area contributed by atoms with Crippen molar-refractivity contribution in [2.45, 2.75) is 19.8 Å². The van der Waals surface area contributed by atoms with E-state index in [2.05, 4.69) is 30.8 Å². The van der Waals surface area contributed by atoms with E-state index in [1.54, 1.807) is 0 Å². The lowest BCUT2D eigenvalue weighted by molar-refractivity contribution is 0.824. The molecule has 0 aliphatic heterocycles. The third-order valence-corrected chi connectivity index (χ3v) is 2.69. The second-order valence-corrected chi connectivity index (χ2v) is 4.33. The molecule has 1 aromatic heterocycles. The highest BCUT2D eigenvalue weighted by Gasteiger charge is 2.04. The van der Waals surface area contributed by atoms with E-state index in [1.807, 2.05) is 36.4 Å². The average molecular weight is 221 g/mol. The van der Waals surface area contributed by atoms with E-state index in [1.165, 1.54) is 0 Å². The summed E-state index contributed by atoms with van der Waals surface area (Å²) >= 11 is 0. The van der Waals surface area contributed by atoms with Gasteiger partial charge in [0.25, 0.3) is 0 Å². The average Bonchev–Trinajstić information content (AvgIpc) is 2.39. The van der Waals surface area contributed by atoms with Gasteiger partial charge in [0.15, 0.2) is 0 Å². The van der Waals surface area contributed by atoms with Crippen molar-refractivity contribution < 1.29 is 0 Å². The highest BCUT2D eigenvalue weighted by molar-refractivity contribution is 5.61. The predicted octanol–water partition coefficient (Wildman–Crippen LogP) is 3.85. The Balaban J connectivity index is 2.46. The van der Waals surface area contributed by atoms with Crippen LogP contribution in [-0.4, -0.2) is 4.98 Å². The molecule has 1 aromatic carbocycles. The normalized spacial score (nSPS) is 10.2. The molecule has 0 aliphatic rings. The van der Waals surface area contributed by atoms with Crippen LogP contribution < -0.4 is 0 Å². The number of aromatic nitrogens is 1. The van der Waals surface area contributed by atoms with Crippen molar-refractivity contribution >= 4 is 0 Å². The molecule has 0 saturated carbocycles. The summed E-state index contributed by atoms with van der Waals surface area (Å²) in [6, 6.07) is 14.0. The van der Waals surface area contributed by atoms with Crippen molar-refractivity contribution in [2.24, 2.45) is 0 Å². The summed E-state index contributed by atoms with van der Waals surface area (Å²) < 4.78 is 0. The number of terminal acetylenes is 1. The third kappa shape index (κ3) is 2.54. The molecular weight excluding hydrogens is 206 g/mol. The Morgan fingerprint density at radius 3 is 2.59 bits per heavy atom. The van der Waals surface area contributed by atoms with Crippen LogP contribution in [0.4, 0.5) is 0 Å². The van der Waals surface area contributed by atoms with Gasteiger partial charge in [-0.15, -0.1) is 6.42 Å². The van der Waals surface area contributed by atoms with Crippen LogP contribution >= 0.6 is 0 Å². The summed E-state index contributed by atoms with van der Waals surface area (Å²) in [6.45, 7) is 4.29. The minimum atomic E-state index is 0.436. The fourth-order valence-electron chi connectivity index (χ4n) is 1.70. The first kappa shape index (κ1) is 11.4. The van der Waals surface area contributed by atoms with Gasteiger partial charge in [-0.2, -0.15) is 0 Å². The van der Waals surface area contributed by atoms with Crippen LogP contribution in [0.3, 0.4) is 0 Å². The number of hydrogen-bond acceptors (Lipinski definition) is 1. The second-order valence-electron chi connectivity index (χ2n) is 4.33. The summed E-state index contributed by atoms with van der Waals surface area (Å²) in [5, 5.41) is 0. The first-order chi connectivity index (χ1) is 8.20. The van der Waals surface area contributed by atoms with E-state index in [0.29, 0.717) is 5.92 Å². The highest BCUT2D eigenvalue weighted by Crippen LogP contribution is 2.20. The number of nitrogens with zero attached hydrogens (tertiary/aromatic N) is 1. The van der Waals surface area contributed by atoms with E-state index in [0.717, 1.165) is 22.5 Å². The van der Waals surface area contributed by atoms with Gasteiger partial charge in [0, 0.05) is 16.8 Å². The molecular formula is C16H15N. The lowest BCUT2D eigenvalue weighted by atomic mass is 10.1. The fraction of sp³-hybridized carbons (Fsp3) is 0.188. The fourth-order valence-corrected chi connectivity index (χ4v) is 1.70. The van der Waals surface area contributed by atoms with Crippen molar-refractivity contribution in [3.05, 3.63) is 53.7 Å². The largest absolute Gasteiger partial charge is 0.253 e. The monoisotopic (exact) mass is 221 g/mol. The smallest absolute Gasteiger partial charge is 0.0705 e. The quantitative estimate of drug-likeness (QED) is 0.702. The van der Waals surface area contributed by atoms with Crippen LogP contribution in [0.1, 0.15) is 31.0 Å². The Morgan fingerprint density at radius 1 is 1.12 bits per heavy atom. The number of benzene rings is 1. The Morgan fingerprint density at radius 2 is 1.88 bits per heavy atom. The Kier molecular flexibility index (Phi) is 3.25. The maximum Gasteiger partial charge on any atom is 0.0705 e. The molecule has 0 saturated heterocycles. The third-order valence-electron chi connectivity index (χ3n) is 2.69. The maximum atomic E-state index is 5.40. The summed E-state index contributed by atoms with van der Waals surface area (Å²) in [5.41, 5.74) is 4.05. The van der Waals surface area contributed by atoms with Gasteiger partial charge in [-0.05, 0) is 30.2 Å².